The lowest BCUT2D eigenvalue weighted by Crippen LogP contribution is -2.43. The molecule has 4 aromatic rings. The number of amides is 2. The fourth-order valence-corrected chi connectivity index (χ4v) is 4.75. The lowest BCUT2D eigenvalue weighted by atomic mass is 10.1. The number of methoxy groups -OCH3 is 1. The molecule has 1 aliphatic heterocycles. The van der Waals surface area contributed by atoms with Crippen molar-refractivity contribution in [1.82, 2.24) is 4.98 Å². The fourth-order valence-electron chi connectivity index (χ4n) is 3.91. The number of thiazole rings is 1. The Hall–Kier alpha value is -4.17. The highest BCUT2D eigenvalue weighted by Gasteiger charge is 2.28. The summed E-state index contributed by atoms with van der Waals surface area (Å²) in [4.78, 5) is 31.8. The number of hydrogen-bond acceptors (Lipinski definition) is 6. The molecular formula is C27H23N3O4S. The summed E-state index contributed by atoms with van der Waals surface area (Å²) in [7, 11) is 1.54. The number of hydrogen-bond donors (Lipinski definition) is 1. The number of anilines is 2. The van der Waals surface area contributed by atoms with Crippen LogP contribution in [0.25, 0.3) is 11.3 Å². The van der Waals surface area contributed by atoms with Crippen LogP contribution in [-0.4, -0.2) is 37.1 Å². The molecule has 1 aromatic heterocycles. The fraction of sp³-hybridized carbons (Fsp3) is 0.148. The van der Waals surface area contributed by atoms with Crippen LogP contribution in [0.5, 0.6) is 11.5 Å². The maximum absolute atomic E-state index is 12.8. The molecule has 0 fully saturated rings. The van der Waals surface area contributed by atoms with Gasteiger partial charge < -0.3 is 14.8 Å². The van der Waals surface area contributed by atoms with Gasteiger partial charge in [-0.2, -0.15) is 0 Å². The normalized spacial score (nSPS) is 12.6. The van der Waals surface area contributed by atoms with E-state index in [1.807, 2.05) is 47.8 Å². The van der Waals surface area contributed by atoms with Crippen molar-refractivity contribution in [3.05, 3.63) is 88.7 Å². The van der Waals surface area contributed by atoms with Gasteiger partial charge in [-0.05, 0) is 35.9 Å². The number of nitrogens with zero attached hydrogens (tertiary/aromatic N) is 2. The van der Waals surface area contributed by atoms with Gasteiger partial charge in [0.05, 0.1) is 29.2 Å². The van der Waals surface area contributed by atoms with E-state index >= 15 is 0 Å². The van der Waals surface area contributed by atoms with Crippen molar-refractivity contribution in [3.63, 3.8) is 0 Å². The van der Waals surface area contributed by atoms with Crippen molar-refractivity contribution < 1.29 is 19.1 Å². The lowest BCUT2D eigenvalue weighted by molar-refractivity contribution is -0.123. The largest absolute Gasteiger partial charge is 0.495 e. The molecule has 0 unspecified atom stereocenters. The molecule has 3 aromatic carbocycles. The summed E-state index contributed by atoms with van der Waals surface area (Å²) in [6.07, 6.45) is 0.757. The van der Waals surface area contributed by atoms with Crippen LogP contribution in [0.4, 0.5) is 11.4 Å². The Labute approximate surface area is 207 Å². The van der Waals surface area contributed by atoms with E-state index in [0.717, 1.165) is 22.7 Å². The molecule has 0 bridgehead atoms. The van der Waals surface area contributed by atoms with Crippen molar-refractivity contribution in [2.24, 2.45) is 0 Å². The van der Waals surface area contributed by atoms with Crippen molar-refractivity contribution >= 4 is 34.5 Å². The Bertz CT molecular complexity index is 1370. The van der Waals surface area contributed by atoms with Crippen molar-refractivity contribution in [2.75, 3.05) is 30.5 Å². The zero-order valence-electron chi connectivity index (χ0n) is 19.1. The van der Waals surface area contributed by atoms with Crippen LogP contribution in [0, 0.1) is 0 Å². The Kier molecular flexibility index (Phi) is 6.45. The standard InChI is InChI=1S/C27H23N3O4S/c1-33-23-10-6-5-9-20(23)28-25(31)15-30-22-14-19(11-12-24(22)34-16-27(30)32)21-17-35-26(29-21)13-18-7-3-2-4-8-18/h2-12,14,17H,13,15-16H2,1H3,(H,28,31). The summed E-state index contributed by atoms with van der Waals surface area (Å²) in [5.74, 6) is 0.484. The first-order valence-corrected chi connectivity index (χ1v) is 12.0. The van der Waals surface area contributed by atoms with E-state index in [9.17, 15) is 9.59 Å². The molecule has 0 saturated heterocycles. The molecule has 35 heavy (non-hydrogen) atoms. The van der Waals surface area contributed by atoms with Gasteiger partial charge >= 0.3 is 0 Å². The van der Waals surface area contributed by atoms with E-state index in [1.54, 1.807) is 29.5 Å². The van der Waals surface area contributed by atoms with Crippen molar-refractivity contribution in [2.45, 2.75) is 6.42 Å². The summed E-state index contributed by atoms with van der Waals surface area (Å²) in [5, 5.41) is 5.83. The SMILES string of the molecule is COc1ccccc1NC(=O)CN1C(=O)COc2ccc(-c3csc(Cc4ccccc4)n3)cc21. The summed E-state index contributed by atoms with van der Waals surface area (Å²) in [5.41, 5.74) is 3.97. The van der Waals surface area contributed by atoms with E-state index in [2.05, 4.69) is 17.4 Å². The van der Waals surface area contributed by atoms with Crippen LogP contribution in [-0.2, 0) is 16.0 Å². The van der Waals surface area contributed by atoms with Gasteiger partial charge in [-0.25, -0.2) is 4.98 Å². The average molecular weight is 486 g/mol. The molecular weight excluding hydrogens is 462 g/mol. The second-order valence-corrected chi connectivity index (χ2v) is 8.93. The second-order valence-electron chi connectivity index (χ2n) is 7.99. The summed E-state index contributed by atoms with van der Waals surface area (Å²) in [6.45, 7) is -0.265. The highest BCUT2D eigenvalue weighted by Crippen LogP contribution is 2.36. The highest BCUT2D eigenvalue weighted by molar-refractivity contribution is 7.10. The topological polar surface area (TPSA) is 80.8 Å². The van der Waals surface area contributed by atoms with E-state index in [1.165, 1.54) is 17.6 Å². The molecule has 0 saturated carbocycles. The number of carbonyl (C=O) groups excluding carboxylic acids is 2. The minimum absolute atomic E-state index is 0.119. The third kappa shape index (κ3) is 5.02. The molecule has 0 radical (unpaired) electrons. The Morgan fingerprint density at radius 2 is 1.91 bits per heavy atom. The van der Waals surface area contributed by atoms with Gasteiger partial charge in [-0.3, -0.25) is 14.5 Å². The minimum Gasteiger partial charge on any atom is -0.495 e. The summed E-state index contributed by atoms with van der Waals surface area (Å²) in [6, 6.07) is 22.9. The van der Waals surface area contributed by atoms with Gasteiger partial charge in [-0.1, -0.05) is 42.5 Å². The molecule has 1 aliphatic rings. The second kappa shape index (κ2) is 9.99. The van der Waals surface area contributed by atoms with Gasteiger partial charge in [0.15, 0.2) is 6.61 Å². The number of ether oxygens (including phenoxy) is 2. The zero-order chi connectivity index (χ0) is 24.2. The van der Waals surface area contributed by atoms with Crippen molar-refractivity contribution in [1.29, 1.82) is 0 Å². The molecule has 2 heterocycles. The number of fused-ring (bicyclic) bond motifs is 1. The Morgan fingerprint density at radius 1 is 1.11 bits per heavy atom. The van der Waals surface area contributed by atoms with Gasteiger partial charge in [0, 0.05) is 17.4 Å². The first kappa shape index (κ1) is 22.6. The number of carbonyl (C=O) groups is 2. The molecule has 0 aliphatic carbocycles. The minimum atomic E-state index is -0.333. The zero-order valence-corrected chi connectivity index (χ0v) is 19.9. The first-order valence-electron chi connectivity index (χ1n) is 11.1. The molecule has 176 valence electrons. The molecule has 8 heteroatoms. The van der Waals surface area contributed by atoms with Crippen LogP contribution >= 0.6 is 11.3 Å². The Morgan fingerprint density at radius 3 is 2.74 bits per heavy atom. The molecule has 1 N–H and O–H groups in total. The monoisotopic (exact) mass is 485 g/mol. The number of para-hydroxylation sites is 2. The van der Waals surface area contributed by atoms with E-state index < -0.39 is 0 Å². The van der Waals surface area contributed by atoms with Gasteiger partial charge in [0.2, 0.25) is 5.91 Å². The van der Waals surface area contributed by atoms with Crippen LogP contribution in [0.2, 0.25) is 0 Å². The summed E-state index contributed by atoms with van der Waals surface area (Å²) < 4.78 is 10.9. The Balaban J connectivity index is 1.36. The third-order valence-corrected chi connectivity index (χ3v) is 6.48. The average Bonchev–Trinajstić information content (AvgIpc) is 3.35. The van der Waals surface area contributed by atoms with Crippen LogP contribution in [0.3, 0.4) is 0 Å². The first-order chi connectivity index (χ1) is 17.1. The van der Waals surface area contributed by atoms with Gasteiger partial charge in [0.1, 0.15) is 18.0 Å². The number of benzene rings is 3. The van der Waals surface area contributed by atoms with E-state index in [-0.39, 0.29) is 25.0 Å². The maximum atomic E-state index is 12.8. The predicted molar refractivity (Wildman–Crippen MR) is 136 cm³/mol. The third-order valence-electron chi connectivity index (χ3n) is 5.63. The van der Waals surface area contributed by atoms with Crippen LogP contribution < -0.4 is 19.7 Å². The number of nitrogens with one attached hydrogen (secondary N) is 1. The number of rotatable bonds is 7. The summed E-state index contributed by atoms with van der Waals surface area (Å²) >= 11 is 1.59. The van der Waals surface area contributed by atoms with E-state index in [4.69, 9.17) is 14.5 Å². The molecule has 5 rings (SSSR count). The molecule has 0 spiro atoms. The lowest BCUT2D eigenvalue weighted by Gasteiger charge is -2.29. The van der Waals surface area contributed by atoms with Crippen molar-refractivity contribution in [3.8, 4) is 22.8 Å². The number of aromatic nitrogens is 1. The molecule has 0 atom stereocenters. The van der Waals surface area contributed by atoms with Gasteiger partial charge in [-0.15, -0.1) is 11.3 Å². The smallest absolute Gasteiger partial charge is 0.265 e. The maximum Gasteiger partial charge on any atom is 0.265 e. The van der Waals surface area contributed by atoms with Crippen LogP contribution in [0.1, 0.15) is 10.6 Å². The molecule has 7 nitrogen and oxygen atoms in total. The highest BCUT2D eigenvalue weighted by atomic mass is 32.1. The quantitative estimate of drug-likeness (QED) is 0.408. The predicted octanol–water partition coefficient (Wildman–Crippen LogP) is 4.77. The van der Waals surface area contributed by atoms with E-state index in [0.29, 0.717) is 22.9 Å². The molecule has 2 amide bonds. The van der Waals surface area contributed by atoms with Crippen LogP contribution in [0.15, 0.2) is 78.2 Å². The van der Waals surface area contributed by atoms with Gasteiger partial charge in [0.25, 0.3) is 5.91 Å².